The summed E-state index contributed by atoms with van der Waals surface area (Å²) in [6.45, 7) is 2.71. The Bertz CT molecular complexity index is 879. The maximum Gasteiger partial charge on any atom is 0.220 e. The largest absolute Gasteiger partial charge is 0.357 e. The molecule has 0 unspecified atom stereocenters. The second-order valence-corrected chi connectivity index (χ2v) is 7.40. The minimum absolute atomic E-state index is 0.0659. The number of H-pyrrole nitrogens is 1. The van der Waals surface area contributed by atoms with Crippen molar-refractivity contribution < 1.29 is 4.79 Å². The number of rotatable bonds is 7. The molecule has 0 bridgehead atoms. The Morgan fingerprint density at radius 3 is 2.75 bits per heavy atom. The van der Waals surface area contributed by atoms with Gasteiger partial charge in [-0.15, -0.1) is 0 Å². The molecule has 2 N–H and O–H groups in total. The summed E-state index contributed by atoms with van der Waals surface area (Å²) >= 11 is 0. The third-order valence-electron chi connectivity index (χ3n) is 5.23. The van der Waals surface area contributed by atoms with Gasteiger partial charge in [0.1, 0.15) is 11.6 Å². The number of carbonyl (C=O) groups excluding carboxylic acids is 1. The summed E-state index contributed by atoms with van der Waals surface area (Å²) in [7, 11) is 0. The third kappa shape index (κ3) is 4.68. The number of fused-ring (bicyclic) bond motifs is 1. The lowest BCUT2D eigenvalue weighted by Crippen LogP contribution is -2.30. The van der Waals surface area contributed by atoms with Crippen LogP contribution in [-0.2, 0) is 17.8 Å². The van der Waals surface area contributed by atoms with E-state index < -0.39 is 0 Å². The zero-order chi connectivity index (χ0) is 19.2. The van der Waals surface area contributed by atoms with Crippen LogP contribution >= 0.6 is 0 Å². The van der Waals surface area contributed by atoms with E-state index in [-0.39, 0.29) is 5.91 Å². The standard InChI is InChI=1S/C22H27N5O/c28-22(10-6-9-20-25-18-7-2-3-8-19(18)26-20)24-16-17-11-12-21(23-15-17)27-13-4-1-5-14-27/h2-3,7-8,11-12,15H,1,4-6,9-10,13-14,16H2,(H,24,28)(H,25,26). The number of anilines is 1. The summed E-state index contributed by atoms with van der Waals surface area (Å²) in [5, 5.41) is 2.99. The van der Waals surface area contributed by atoms with Crippen molar-refractivity contribution in [2.75, 3.05) is 18.0 Å². The molecule has 6 heteroatoms. The molecule has 2 aromatic heterocycles. The molecule has 0 radical (unpaired) electrons. The summed E-state index contributed by atoms with van der Waals surface area (Å²) in [5.74, 6) is 2.04. The number of aryl methyl sites for hydroxylation is 1. The Labute approximate surface area is 165 Å². The molecular formula is C22H27N5O. The van der Waals surface area contributed by atoms with Gasteiger partial charge in [0.2, 0.25) is 5.91 Å². The van der Waals surface area contributed by atoms with Gasteiger partial charge in [-0.2, -0.15) is 0 Å². The minimum Gasteiger partial charge on any atom is -0.357 e. The van der Waals surface area contributed by atoms with E-state index in [2.05, 4.69) is 37.3 Å². The van der Waals surface area contributed by atoms with Crippen molar-refractivity contribution in [1.29, 1.82) is 0 Å². The van der Waals surface area contributed by atoms with Crippen LogP contribution in [0.5, 0.6) is 0 Å². The van der Waals surface area contributed by atoms with Crippen LogP contribution in [0.15, 0.2) is 42.6 Å². The van der Waals surface area contributed by atoms with Gasteiger partial charge in [0.25, 0.3) is 0 Å². The number of pyridine rings is 1. The highest BCUT2D eigenvalue weighted by molar-refractivity contribution is 5.76. The molecule has 3 heterocycles. The van der Waals surface area contributed by atoms with Crippen molar-refractivity contribution in [3.8, 4) is 0 Å². The lowest BCUT2D eigenvalue weighted by Gasteiger charge is -2.27. The number of nitrogens with zero attached hydrogens (tertiary/aromatic N) is 3. The zero-order valence-corrected chi connectivity index (χ0v) is 16.2. The fraction of sp³-hybridized carbons (Fsp3) is 0.409. The van der Waals surface area contributed by atoms with Gasteiger partial charge < -0.3 is 15.2 Å². The Morgan fingerprint density at radius 1 is 1.11 bits per heavy atom. The highest BCUT2D eigenvalue weighted by atomic mass is 16.1. The highest BCUT2D eigenvalue weighted by Gasteiger charge is 2.12. The Hall–Kier alpha value is -2.89. The molecule has 0 saturated carbocycles. The van der Waals surface area contributed by atoms with Gasteiger partial charge in [-0.3, -0.25) is 4.79 Å². The molecule has 1 saturated heterocycles. The van der Waals surface area contributed by atoms with Crippen molar-refractivity contribution in [2.45, 2.75) is 45.1 Å². The SMILES string of the molecule is O=C(CCCc1nc2ccccc2[nH]1)NCc1ccc(N2CCCCC2)nc1. The van der Waals surface area contributed by atoms with Crippen molar-refractivity contribution in [3.05, 3.63) is 54.0 Å². The average molecular weight is 377 g/mol. The van der Waals surface area contributed by atoms with Crippen LogP contribution in [-0.4, -0.2) is 33.9 Å². The minimum atomic E-state index is 0.0659. The van der Waals surface area contributed by atoms with Gasteiger partial charge in [0.05, 0.1) is 11.0 Å². The number of aromatic nitrogens is 3. The fourth-order valence-corrected chi connectivity index (χ4v) is 3.66. The van der Waals surface area contributed by atoms with E-state index in [1.165, 1.54) is 19.3 Å². The van der Waals surface area contributed by atoms with Gasteiger partial charge >= 0.3 is 0 Å². The molecule has 146 valence electrons. The first kappa shape index (κ1) is 18.5. The summed E-state index contributed by atoms with van der Waals surface area (Å²) in [5.41, 5.74) is 3.05. The molecule has 28 heavy (non-hydrogen) atoms. The molecule has 6 nitrogen and oxygen atoms in total. The molecule has 1 aliphatic heterocycles. The summed E-state index contributed by atoms with van der Waals surface area (Å²) < 4.78 is 0. The number of amides is 1. The number of benzene rings is 1. The van der Waals surface area contributed by atoms with E-state index in [1.807, 2.05) is 30.5 Å². The number of nitrogens with one attached hydrogen (secondary N) is 2. The van der Waals surface area contributed by atoms with Crippen LogP contribution in [0.2, 0.25) is 0 Å². The first-order chi connectivity index (χ1) is 13.8. The smallest absolute Gasteiger partial charge is 0.220 e. The first-order valence-electron chi connectivity index (χ1n) is 10.2. The van der Waals surface area contributed by atoms with Crippen molar-refractivity contribution in [2.24, 2.45) is 0 Å². The molecule has 4 rings (SSSR count). The van der Waals surface area contributed by atoms with Crippen molar-refractivity contribution in [1.82, 2.24) is 20.3 Å². The van der Waals surface area contributed by atoms with Crippen LogP contribution in [0.4, 0.5) is 5.82 Å². The van der Waals surface area contributed by atoms with E-state index in [1.54, 1.807) is 0 Å². The van der Waals surface area contributed by atoms with Gasteiger partial charge in [0, 0.05) is 38.7 Å². The van der Waals surface area contributed by atoms with E-state index in [4.69, 9.17) is 0 Å². The molecular weight excluding hydrogens is 350 g/mol. The molecule has 1 amide bonds. The van der Waals surface area contributed by atoms with E-state index >= 15 is 0 Å². The lowest BCUT2D eigenvalue weighted by molar-refractivity contribution is -0.121. The van der Waals surface area contributed by atoms with Crippen LogP contribution in [0.25, 0.3) is 11.0 Å². The van der Waals surface area contributed by atoms with Crippen molar-refractivity contribution in [3.63, 3.8) is 0 Å². The molecule has 1 aliphatic rings. The van der Waals surface area contributed by atoms with E-state index in [0.717, 1.165) is 54.2 Å². The average Bonchev–Trinajstić information content (AvgIpc) is 3.16. The highest BCUT2D eigenvalue weighted by Crippen LogP contribution is 2.17. The first-order valence-corrected chi connectivity index (χ1v) is 10.2. The molecule has 1 fully saturated rings. The number of hydrogen-bond acceptors (Lipinski definition) is 4. The topological polar surface area (TPSA) is 73.9 Å². The van der Waals surface area contributed by atoms with Crippen LogP contribution in [0, 0.1) is 0 Å². The Balaban J connectivity index is 1.19. The summed E-state index contributed by atoms with van der Waals surface area (Å²) in [4.78, 5) is 26.9. The van der Waals surface area contributed by atoms with Crippen LogP contribution < -0.4 is 10.2 Å². The van der Waals surface area contributed by atoms with Crippen LogP contribution in [0.3, 0.4) is 0 Å². The Morgan fingerprint density at radius 2 is 1.96 bits per heavy atom. The van der Waals surface area contributed by atoms with Crippen LogP contribution in [0.1, 0.15) is 43.5 Å². The monoisotopic (exact) mass is 377 g/mol. The van der Waals surface area contributed by atoms with Crippen molar-refractivity contribution >= 4 is 22.8 Å². The summed E-state index contributed by atoms with van der Waals surface area (Å²) in [6, 6.07) is 12.1. The van der Waals surface area contributed by atoms with E-state index in [0.29, 0.717) is 13.0 Å². The Kier molecular flexibility index (Phi) is 5.85. The molecule has 0 aliphatic carbocycles. The quantitative estimate of drug-likeness (QED) is 0.660. The number of piperidine rings is 1. The normalized spacial score (nSPS) is 14.4. The predicted molar refractivity (Wildman–Crippen MR) is 111 cm³/mol. The van der Waals surface area contributed by atoms with Gasteiger partial charge in [-0.25, -0.2) is 9.97 Å². The number of para-hydroxylation sites is 2. The summed E-state index contributed by atoms with van der Waals surface area (Å²) in [6.07, 6.45) is 7.72. The van der Waals surface area contributed by atoms with Gasteiger partial charge in [0.15, 0.2) is 0 Å². The molecule has 1 aromatic carbocycles. The predicted octanol–water partition coefficient (Wildman–Crippen LogP) is 3.59. The zero-order valence-electron chi connectivity index (χ0n) is 16.2. The number of hydrogen-bond donors (Lipinski definition) is 2. The second kappa shape index (κ2) is 8.87. The number of carbonyl (C=O) groups is 1. The molecule has 0 atom stereocenters. The van der Waals surface area contributed by atoms with Gasteiger partial charge in [-0.1, -0.05) is 18.2 Å². The molecule has 0 spiro atoms. The lowest BCUT2D eigenvalue weighted by atomic mass is 10.1. The third-order valence-corrected chi connectivity index (χ3v) is 5.23. The van der Waals surface area contributed by atoms with E-state index in [9.17, 15) is 4.79 Å². The fourth-order valence-electron chi connectivity index (χ4n) is 3.66. The number of imidazole rings is 1. The second-order valence-electron chi connectivity index (χ2n) is 7.40. The molecule has 3 aromatic rings. The number of aromatic amines is 1. The maximum atomic E-state index is 12.1. The maximum absolute atomic E-state index is 12.1. The van der Waals surface area contributed by atoms with Gasteiger partial charge in [-0.05, 0) is 49.4 Å².